The van der Waals surface area contributed by atoms with E-state index < -0.39 is 0 Å². The van der Waals surface area contributed by atoms with E-state index in [1.807, 2.05) is 19.1 Å². The van der Waals surface area contributed by atoms with Crippen LogP contribution in [0.5, 0.6) is 11.5 Å². The Morgan fingerprint density at radius 3 is 2.71 bits per heavy atom. The SMILES string of the molecule is C#CCOc1cc(C)c(Br)cc1OC. The molecule has 0 saturated carbocycles. The maximum Gasteiger partial charge on any atom is 0.162 e. The lowest BCUT2D eigenvalue weighted by molar-refractivity contribution is 0.330. The van der Waals surface area contributed by atoms with Crippen molar-refractivity contribution in [2.24, 2.45) is 0 Å². The van der Waals surface area contributed by atoms with E-state index in [4.69, 9.17) is 15.9 Å². The number of hydrogen-bond acceptors (Lipinski definition) is 2. The third-order valence-corrected chi connectivity index (χ3v) is 2.61. The summed E-state index contributed by atoms with van der Waals surface area (Å²) < 4.78 is 11.5. The van der Waals surface area contributed by atoms with Crippen LogP contribution < -0.4 is 9.47 Å². The Balaban J connectivity index is 3.02. The van der Waals surface area contributed by atoms with Gasteiger partial charge in [-0.15, -0.1) is 6.42 Å². The maximum atomic E-state index is 5.33. The van der Waals surface area contributed by atoms with Crippen molar-refractivity contribution in [2.75, 3.05) is 13.7 Å². The minimum Gasteiger partial charge on any atom is -0.493 e. The van der Waals surface area contributed by atoms with Crippen LogP contribution in [0.4, 0.5) is 0 Å². The molecule has 0 atom stereocenters. The van der Waals surface area contributed by atoms with Gasteiger partial charge in [0.15, 0.2) is 11.5 Å². The molecule has 0 heterocycles. The molecule has 0 aliphatic rings. The van der Waals surface area contributed by atoms with Crippen LogP contribution in [0.25, 0.3) is 0 Å². The van der Waals surface area contributed by atoms with Gasteiger partial charge in [-0.2, -0.15) is 0 Å². The fourth-order valence-corrected chi connectivity index (χ4v) is 1.35. The summed E-state index contributed by atoms with van der Waals surface area (Å²) in [5, 5.41) is 0. The number of aryl methyl sites for hydroxylation is 1. The van der Waals surface area contributed by atoms with Gasteiger partial charge < -0.3 is 9.47 Å². The van der Waals surface area contributed by atoms with Gasteiger partial charge in [0.25, 0.3) is 0 Å². The third-order valence-electron chi connectivity index (χ3n) is 1.76. The average Bonchev–Trinajstić information content (AvgIpc) is 2.19. The standard InChI is InChI=1S/C11H11BrO2/c1-4-5-14-11-6-8(2)9(12)7-10(11)13-3/h1,6-7H,5H2,2-3H3. The zero-order valence-electron chi connectivity index (χ0n) is 8.13. The lowest BCUT2D eigenvalue weighted by atomic mass is 10.2. The molecule has 1 aromatic rings. The summed E-state index contributed by atoms with van der Waals surface area (Å²) in [6, 6.07) is 3.75. The van der Waals surface area contributed by atoms with E-state index in [1.165, 1.54) is 0 Å². The molecule has 0 bridgehead atoms. The molecule has 2 nitrogen and oxygen atoms in total. The molecule has 0 aliphatic heterocycles. The smallest absolute Gasteiger partial charge is 0.162 e. The summed E-state index contributed by atoms with van der Waals surface area (Å²) in [6.07, 6.45) is 5.11. The first-order valence-corrected chi connectivity index (χ1v) is 4.88. The number of halogens is 1. The first kappa shape index (κ1) is 10.9. The quantitative estimate of drug-likeness (QED) is 0.773. The van der Waals surface area contributed by atoms with Crippen molar-refractivity contribution in [3.63, 3.8) is 0 Å². The Morgan fingerprint density at radius 1 is 1.43 bits per heavy atom. The van der Waals surface area contributed by atoms with Gasteiger partial charge in [-0.25, -0.2) is 0 Å². The van der Waals surface area contributed by atoms with Gasteiger partial charge in [0, 0.05) is 4.47 Å². The first-order chi connectivity index (χ1) is 6.69. The fraction of sp³-hybridized carbons (Fsp3) is 0.273. The van der Waals surface area contributed by atoms with E-state index >= 15 is 0 Å². The molecule has 14 heavy (non-hydrogen) atoms. The molecule has 1 rings (SSSR count). The molecule has 1 aromatic carbocycles. The van der Waals surface area contributed by atoms with E-state index in [9.17, 15) is 0 Å². The highest BCUT2D eigenvalue weighted by Gasteiger charge is 2.06. The molecular weight excluding hydrogens is 244 g/mol. The topological polar surface area (TPSA) is 18.5 Å². The Kier molecular flexibility index (Phi) is 3.84. The van der Waals surface area contributed by atoms with E-state index in [-0.39, 0.29) is 6.61 Å². The van der Waals surface area contributed by atoms with Gasteiger partial charge >= 0.3 is 0 Å². The second kappa shape index (κ2) is 4.92. The van der Waals surface area contributed by atoms with Crippen molar-refractivity contribution in [3.8, 4) is 23.8 Å². The summed E-state index contributed by atoms with van der Waals surface area (Å²) in [4.78, 5) is 0. The normalized spacial score (nSPS) is 9.29. The van der Waals surface area contributed by atoms with Crippen molar-refractivity contribution >= 4 is 15.9 Å². The molecule has 0 unspecified atom stereocenters. The number of terminal acetylenes is 1. The third kappa shape index (κ3) is 2.43. The van der Waals surface area contributed by atoms with E-state index in [0.717, 1.165) is 10.0 Å². The largest absolute Gasteiger partial charge is 0.493 e. The van der Waals surface area contributed by atoms with Crippen LogP contribution in [0.15, 0.2) is 16.6 Å². The van der Waals surface area contributed by atoms with Gasteiger partial charge in [-0.1, -0.05) is 21.9 Å². The summed E-state index contributed by atoms with van der Waals surface area (Å²) >= 11 is 3.41. The Morgan fingerprint density at radius 2 is 2.14 bits per heavy atom. The number of rotatable bonds is 3. The molecule has 0 radical (unpaired) electrons. The van der Waals surface area contributed by atoms with Crippen molar-refractivity contribution in [1.82, 2.24) is 0 Å². The summed E-state index contributed by atoms with van der Waals surface area (Å²) in [5.74, 6) is 3.76. The Labute approximate surface area is 92.3 Å². The molecule has 0 N–H and O–H groups in total. The maximum absolute atomic E-state index is 5.33. The van der Waals surface area contributed by atoms with Gasteiger partial charge in [0.2, 0.25) is 0 Å². The van der Waals surface area contributed by atoms with Gasteiger partial charge in [-0.05, 0) is 24.6 Å². The van der Waals surface area contributed by atoms with Crippen molar-refractivity contribution in [1.29, 1.82) is 0 Å². The fourth-order valence-electron chi connectivity index (χ4n) is 1.03. The molecular formula is C11H11BrO2. The van der Waals surface area contributed by atoms with E-state index in [2.05, 4.69) is 21.9 Å². The second-order valence-electron chi connectivity index (χ2n) is 2.75. The van der Waals surface area contributed by atoms with Crippen LogP contribution in [-0.4, -0.2) is 13.7 Å². The summed E-state index contributed by atoms with van der Waals surface area (Å²) in [7, 11) is 1.60. The average molecular weight is 255 g/mol. The number of methoxy groups -OCH3 is 1. The van der Waals surface area contributed by atoms with Crippen LogP contribution in [0, 0.1) is 19.3 Å². The predicted molar refractivity (Wildman–Crippen MR) is 59.8 cm³/mol. The van der Waals surface area contributed by atoms with Crippen molar-refractivity contribution in [2.45, 2.75) is 6.92 Å². The molecule has 0 aromatic heterocycles. The second-order valence-corrected chi connectivity index (χ2v) is 3.60. The molecule has 0 fully saturated rings. The molecule has 0 saturated heterocycles. The number of benzene rings is 1. The highest BCUT2D eigenvalue weighted by molar-refractivity contribution is 9.10. The number of hydrogen-bond donors (Lipinski definition) is 0. The van der Waals surface area contributed by atoms with Gasteiger partial charge in [0.1, 0.15) is 6.61 Å². The highest BCUT2D eigenvalue weighted by Crippen LogP contribution is 2.32. The minimum absolute atomic E-state index is 0.247. The Hall–Kier alpha value is -1.14. The van der Waals surface area contributed by atoms with E-state index in [0.29, 0.717) is 11.5 Å². The van der Waals surface area contributed by atoms with Crippen LogP contribution in [0.3, 0.4) is 0 Å². The zero-order chi connectivity index (χ0) is 10.6. The highest BCUT2D eigenvalue weighted by atomic mass is 79.9. The lowest BCUT2D eigenvalue weighted by Crippen LogP contribution is -1.97. The van der Waals surface area contributed by atoms with E-state index in [1.54, 1.807) is 7.11 Å². The summed E-state index contributed by atoms with van der Waals surface area (Å²) in [5.41, 5.74) is 1.08. The van der Waals surface area contributed by atoms with Crippen LogP contribution >= 0.6 is 15.9 Å². The first-order valence-electron chi connectivity index (χ1n) is 4.09. The monoisotopic (exact) mass is 254 g/mol. The number of ether oxygens (including phenoxy) is 2. The minimum atomic E-state index is 0.247. The summed E-state index contributed by atoms with van der Waals surface area (Å²) in [6.45, 7) is 2.23. The van der Waals surface area contributed by atoms with Crippen LogP contribution in [0.1, 0.15) is 5.56 Å². The van der Waals surface area contributed by atoms with Crippen LogP contribution in [0.2, 0.25) is 0 Å². The van der Waals surface area contributed by atoms with Crippen molar-refractivity contribution < 1.29 is 9.47 Å². The van der Waals surface area contributed by atoms with Gasteiger partial charge in [-0.3, -0.25) is 0 Å². The molecule has 74 valence electrons. The van der Waals surface area contributed by atoms with Gasteiger partial charge in [0.05, 0.1) is 7.11 Å². The molecule has 0 spiro atoms. The van der Waals surface area contributed by atoms with Crippen molar-refractivity contribution in [3.05, 3.63) is 22.2 Å². The molecule has 0 amide bonds. The predicted octanol–water partition coefficient (Wildman–Crippen LogP) is 2.78. The lowest BCUT2D eigenvalue weighted by Gasteiger charge is -2.10. The van der Waals surface area contributed by atoms with Crippen LogP contribution in [-0.2, 0) is 0 Å². The molecule has 3 heteroatoms. The Bertz CT molecular complexity index is 366. The molecule has 0 aliphatic carbocycles. The zero-order valence-corrected chi connectivity index (χ0v) is 9.72.